The standard InChI is InChI=1S/C14H16Cl2N2/c1-14(2,3)12-11(9-15)13(16)18(17-12)10-7-5-4-6-8-10/h4-8H,9H2,1-3H3. The van der Waals surface area contributed by atoms with Crippen LogP contribution in [-0.4, -0.2) is 9.78 Å². The van der Waals surface area contributed by atoms with Gasteiger partial charge in [-0.15, -0.1) is 11.6 Å². The normalized spacial score (nSPS) is 11.8. The molecule has 0 spiro atoms. The second-order valence-electron chi connectivity index (χ2n) is 5.25. The Hall–Kier alpha value is -0.990. The molecule has 2 nitrogen and oxygen atoms in total. The van der Waals surface area contributed by atoms with Crippen LogP contribution in [0.2, 0.25) is 5.15 Å². The molecule has 18 heavy (non-hydrogen) atoms. The van der Waals surface area contributed by atoms with Crippen LogP contribution >= 0.6 is 23.2 Å². The van der Waals surface area contributed by atoms with Crippen molar-refractivity contribution < 1.29 is 0 Å². The Bertz CT molecular complexity index is 539. The van der Waals surface area contributed by atoms with Gasteiger partial charge in [0.05, 0.1) is 17.3 Å². The van der Waals surface area contributed by atoms with E-state index in [-0.39, 0.29) is 5.41 Å². The zero-order valence-electron chi connectivity index (χ0n) is 10.7. The Labute approximate surface area is 118 Å². The molecule has 0 aliphatic carbocycles. The monoisotopic (exact) mass is 282 g/mol. The van der Waals surface area contributed by atoms with Gasteiger partial charge in [-0.25, -0.2) is 4.68 Å². The summed E-state index contributed by atoms with van der Waals surface area (Å²) >= 11 is 12.4. The number of nitrogens with zero attached hydrogens (tertiary/aromatic N) is 2. The largest absolute Gasteiger partial charge is 0.222 e. The molecule has 2 rings (SSSR count). The third-order valence-electron chi connectivity index (χ3n) is 2.77. The highest BCUT2D eigenvalue weighted by Crippen LogP contribution is 2.32. The van der Waals surface area contributed by atoms with Crippen LogP contribution in [0.25, 0.3) is 5.69 Å². The SMILES string of the molecule is CC(C)(C)c1nn(-c2ccccc2)c(Cl)c1CCl. The fourth-order valence-corrected chi connectivity index (χ4v) is 2.50. The lowest BCUT2D eigenvalue weighted by atomic mass is 9.90. The maximum Gasteiger partial charge on any atom is 0.137 e. The number of hydrogen-bond acceptors (Lipinski definition) is 1. The third kappa shape index (κ3) is 2.40. The molecule has 1 aromatic heterocycles. The number of hydrogen-bond donors (Lipinski definition) is 0. The minimum Gasteiger partial charge on any atom is -0.222 e. The van der Waals surface area contributed by atoms with Crippen molar-refractivity contribution in [2.75, 3.05) is 0 Å². The molecule has 2 aromatic rings. The molecule has 0 radical (unpaired) electrons. The summed E-state index contributed by atoms with van der Waals surface area (Å²) in [5.74, 6) is 0.373. The summed E-state index contributed by atoms with van der Waals surface area (Å²) in [6.07, 6.45) is 0. The van der Waals surface area contributed by atoms with Crippen molar-refractivity contribution in [2.45, 2.75) is 32.1 Å². The van der Waals surface area contributed by atoms with Crippen LogP contribution in [0.1, 0.15) is 32.0 Å². The maximum atomic E-state index is 6.39. The Morgan fingerprint density at radius 1 is 1.17 bits per heavy atom. The quantitative estimate of drug-likeness (QED) is 0.739. The van der Waals surface area contributed by atoms with E-state index in [1.165, 1.54) is 0 Å². The van der Waals surface area contributed by atoms with Crippen molar-refractivity contribution >= 4 is 23.2 Å². The van der Waals surface area contributed by atoms with Crippen LogP contribution in [0.3, 0.4) is 0 Å². The lowest BCUT2D eigenvalue weighted by molar-refractivity contribution is 0.556. The van der Waals surface area contributed by atoms with E-state index in [2.05, 4.69) is 25.9 Å². The van der Waals surface area contributed by atoms with E-state index >= 15 is 0 Å². The van der Waals surface area contributed by atoms with Crippen LogP contribution in [0.4, 0.5) is 0 Å². The molecule has 0 N–H and O–H groups in total. The topological polar surface area (TPSA) is 17.8 Å². The minimum atomic E-state index is -0.0755. The number of aromatic nitrogens is 2. The summed E-state index contributed by atoms with van der Waals surface area (Å²) in [5.41, 5.74) is 2.74. The first-order valence-corrected chi connectivity index (χ1v) is 6.75. The molecule has 1 aromatic carbocycles. The van der Waals surface area contributed by atoms with Gasteiger partial charge < -0.3 is 0 Å². The average Bonchev–Trinajstić information content (AvgIpc) is 2.67. The molecular formula is C14H16Cl2N2. The number of benzene rings is 1. The van der Waals surface area contributed by atoms with Gasteiger partial charge in [0, 0.05) is 11.0 Å². The van der Waals surface area contributed by atoms with Gasteiger partial charge in [-0.05, 0) is 12.1 Å². The van der Waals surface area contributed by atoms with Crippen molar-refractivity contribution in [2.24, 2.45) is 0 Å². The summed E-state index contributed by atoms with van der Waals surface area (Å²) in [5, 5.41) is 5.22. The van der Waals surface area contributed by atoms with Gasteiger partial charge in [0.25, 0.3) is 0 Å². The van der Waals surface area contributed by atoms with Crippen LogP contribution in [0.5, 0.6) is 0 Å². The van der Waals surface area contributed by atoms with Gasteiger partial charge in [0.15, 0.2) is 0 Å². The predicted octanol–water partition coefficient (Wildman–Crippen LogP) is 4.56. The average molecular weight is 283 g/mol. The highest BCUT2D eigenvalue weighted by Gasteiger charge is 2.25. The molecule has 0 aliphatic rings. The van der Waals surface area contributed by atoms with E-state index < -0.39 is 0 Å². The summed E-state index contributed by atoms with van der Waals surface area (Å²) in [7, 11) is 0. The lowest BCUT2D eigenvalue weighted by Gasteiger charge is -2.16. The molecule has 0 fully saturated rings. The van der Waals surface area contributed by atoms with Crippen LogP contribution in [0, 0.1) is 0 Å². The van der Waals surface area contributed by atoms with E-state index in [9.17, 15) is 0 Å². The number of halogens is 2. The van der Waals surface area contributed by atoms with Crippen LogP contribution in [-0.2, 0) is 11.3 Å². The minimum absolute atomic E-state index is 0.0755. The first kappa shape index (κ1) is 13.4. The second kappa shape index (κ2) is 4.94. The van der Waals surface area contributed by atoms with Gasteiger partial charge in [0.1, 0.15) is 5.15 Å². The van der Waals surface area contributed by atoms with Gasteiger partial charge in [-0.1, -0.05) is 50.6 Å². The molecule has 96 valence electrons. The zero-order chi connectivity index (χ0) is 13.3. The van der Waals surface area contributed by atoms with E-state index in [1.54, 1.807) is 4.68 Å². The molecule has 0 saturated carbocycles. The highest BCUT2D eigenvalue weighted by molar-refractivity contribution is 6.31. The van der Waals surface area contributed by atoms with Crippen molar-refractivity contribution in [3.63, 3.8) is 0 Å². The summed E-state index contributed by atoms with van der Waals surface area (Å²) in [6.45, 7) is 6.32. The lowest BCUT2D eigenvalue weighted by Crippen LogP contribution is -2.14. The first-order valence-electron chi connectivity index (χ1n) is 5.84. The Morgan fingerprint density at radius 3 is 2.22 bits per heavy atom. The zero-order valence-corrected chi connectivity index (χ0v) is 12.3. The van der Waals surface area contributed by atoms with Gasteiger partial charge in [-0.2, -0.15) is 5.10 Å². The van der Waals surface area contributed by atoms with Crippen molar-refractivity contribution in [1.82, 2.24) is 9.78 Å². The molecule has 0 aliphatic heterocycles. The second-order valence-corrected chi connectivity index (χ2v) is 5.87. The molecule has 1 heterocycles. The molecule has 0 saturated heterocycles. The number of rotatable bonds is 2. The molecule has 0 bridgehead atoms. The van der Waals surface area contributed by atoms with Crippen LogP contribution in [0.15, 0.2) is 30.3 Å². The number of para-hydroxylation sites is 1. The number of alkyl halides is 1. The smallest absolute Gasteiger partial charge is 0.137 e. The summed E-state index contributed by atoms with van der Waals surface area (Å²) < 4.78 is 1.75. The van der Waals surface area contributed by atoms with E-state index in [1.807, 2.05) is 30.3 Å². The fraction of sp³-hybridized carbons (Fsp3) is 0.357. The van der Waals surface area contributed by atoms with Crippen LogP contribution < -0.4 is 0 Å². The predicted molar refractivity (Wildman–Crippen MR) is 76.8 cm³/mol. The van der Waals surface area contributed by atoms with Gasteiger partial charge in [-0.3, -0.25) is 0 Å². The van der Waals surface area contributed by atoms with Gasteiger partial charge in [0.2, 0.25) is 0 Å². The maximum absolute atomic E-state index is 6.39. The molecule has 4 heteroatoms. The summed E-state index contributed by atoms with van der Waals surface area (Å²) in [6, 6.07) is 9.84. The van der Waals surface area contributed by atoms with Crippen molar-refractivity contribution in [3.05, 3.63) is 46.7 Å². The Morgan fingerprint density at radius 2 is 1.78 bits per heavy atom. The van der Waals surface area contributed by atoms with Gasteiger partial charge >= 0.3 is 0 Å². The highest BCUT2D eigenvalue weighted by atomic mass is 35.5. The molecule has 0 atom stereocenters. The molecule has 0 amide bonds. The Balaban J connectivity index is 2.61. The fourth-order valence-electron chi connectivity index (χ4n) is 1.89. The summed E-state index contributed by atoms with van der Waals surface area (Å²) in [4.78, 5) is 0. The molecule has 0 unspecified atom stereocenters. The van der Waals surface area contributed by atoms with E-state index in [0.29, 0.717) is 11.0 Å². The molecular weight excluding hydrogens is 267 g/mol. The van der Waals surface area contributed by atoms with E-state index in [4.69, 9.17) is 23.2 Å². The van der Waals surface area contributed by atoms with Crippen molar-refractivity contribution in [3.8, 4) is 5.69 Å². The first-order chi connectivity index (χ1) is 8.45. The van der Waals surface area contributed by atoms with Crippen molar-refractivity contribution in [1.29, 1.82) is 0 Å². The van der Waals surface area contributed by atoms with E-state index in [0.717, 1.165) is 16.9 Å². The third-order valence-corrected chi connectivity index (χ3v) is 3.42. The Kier molecular flexibility index (Phi) is 3.69.